The summed E-state index contributed by atoms with van der Waals surface area (Å²) >= 11 is 0. The first-order valence-corrected chi connectivity index (χ1v) is 9.87. The highest BCUT2D eigenvalue weighted by Gasteiger charge is 2.47. The quantitative estimate of drug-likeness (QED) is 0.923. The molecule has 0 radical (unpaired) electrons. The predicted octanol–water partition coefficient (Wildman–Crippen LogP) is 2.83. The lowest BCUT2D eigenvalue weighted by molar-refractivity contribution is -0.0142. The van der Waals surface area contributed by atoms with Gasteiger partial charge in [0.1, 0.15) is 5.82 Å². The van der Waals surface area contributed by atoms with Crippen molar-refractivity contribution in [2.24, 2.45) is 23.7 Å². The van der Waals surface area contributed by atoms with E-state index >= 15 is 0 Å². The third-order valence-corrected chi connectivity index (χ3v) is 6.93. The van der Waals surface area contributed by atoms with Gasteiger partial charge in [0.15, 0.2) is 0 Å². The van der Waals surface area contributed by atoms with Crippen molar-refractivity contribution in [3.8, 4) is 0 Å². The summed E-state index contributed by atoms with van der Waals surface area (Å²) < 4.78 is 5.50. The fraction of sp³-hybridized carbons (Fsp3) is 0.750. The number of aromatic nitrogens is 1. The fourth-order valence-electron chi connectivity index (χ4n) is 6.11. The van der Waals surface area contributed by atoms with Crippen LogP contribution in [-0.2, 0) is 11.3 Å². The largest absolute Gasteiger partial charge is 0.378 e. The number of ether oxygens (including phenoxy) is 1. The highest BCUT2D eigenvalue weighted by Crippen LogP contribution is 2.53. The van der Waals surface area contributed by atoms with Gasteiger partial charge in [-0.1, -0.05) is 6.07 Å². The zero-order valence-corrected chi connectivity index (χ0v) is 14.5. The highest BCUT2D eigenvalue weighted by molar-refractivity contribution is 5.47. The third kappa shape index (κ3) is 2.74. The number of nitrogens with one attached hydrogen (secondary N) is 1. The monoisotopic (exact) mass is 327 g/mol. The molecule has 0 amide bonds. The van der Waals surface area contributed by atoms with Crippen LogP contribution in [0.4, 0.5) is 5.82 Å². The Morgan fingerprint density at radius 3 is 2.46 bits per heavy atom. The molecule has 0 spiro atoms. The second-order valence-electron chi connectivity index (χ2n) is 8.42. The molecule has 4 saturated carbocycles. The van der Waals surface area contributed by atoms with Gasteiger partial charge in [0, 0.05) is 37.4 Å². The molecule has 5 fully saturated rings. The molecule has 1 aliphatic heterocycles. The Labute approximate surface area is 145 Å². The summed E-state index contributed by atoms with van der Waals surface area (Å²) in [5.74, 6) is 5.13. The molecule has 0 atom stereocenters. The Balaban J connectivity index is 1.29. The maximum absolute atomic E-state index is 5.50. The average Bonchev–Trinajstić information content (AvgIpc) is 2.62. The smallest absolute Gasteiger partial charge is 0.133 e. The van der Waals surface area contributed by atoms with Gasteiger partial charge >= 0.3 is 0 Å². The van der Waals surface area contributed by atoms with Crippen LogP contribution in [0, 0.1) is 23.7 Å². The van der Waals surface area contributed by atoms with E-state index in [1.54, 1.807) is 0 Å². The maximum Gasteiger partial charge on any atom is 0.133 e. The van der Waals surface area contributed by atoms with E-state index in [0.717, 1.165) is 68.4 Å². The fourth-order valence-corrected chi connectivity index (χ4v) is 6.11. The summed E-state index contributed by atoms with van der Waals surface area (Å²) in [4.78, 5) is 7.07. The van der Waals surface area contributed by atoms with Crippen LogP contribution >= 0.6 is 0 Å². The molecule has 0 aromatic carbocycles. The van der Waals surface area contributed by atoms with Gasteiger partial charge in [-0.3, -0.25) is 0 Å². The standard InChI is InChI=1S/C20H29N3O/c1-2-16(20(21-3-1)23-4-6-24-7-5-23)13-22-19-17-9-14-8-15(11-17)12-18(19)10-14/h1-3,14-15,17-19,22H,4-13H2. The predicted molar refractivity (Wildman–Crippen MR) is 94.9 cm³/mol. The first kappa shape index (κ1) is 15.2. The SMILES string of the molecule is c1cnc(N2CCOCC2)c(CNC2C3CC4CC(C3)CC2C4)c1. The molecule has 4 heteroatoms. The highest BCUT2D eigenvalue weighted by atomic mass is 16.5. The minimum absolute atomic E-state index is 0.746. The number of pyridine rings is 1. The number of nitrogens with zero attached hydrogens (tertiary/aromatic N) is 2. The van der Waals surface area contributed by atoms with Crippen LogP contribution in [0.1, 0.15) is 37.7 Å². The molecule has 130 valence electrons. The molecule has 2 heterocycles. The van der Waals surface area contributed by atoms with E-state index in [1.807, 2.05) is 6.20 Å². The van der Waals surface area contributed by atoms with Crippen molar-refractivity contribution in [1.82, 2.24) is 10.3 Å². The van der Waals surface area contributed by atoms with Gasteiger partial charge < -0.3 is 15.0 Å². The maximum atomic E-state index is 5.50. The van der Waals surface area contributed by atoms with Crippen molar-refractivity contribution in [2.75, 3.05) is 31.2 Å². The summed E-state index contributed by atoms with van der Waals surface area (Å²) in [6, 6.07) is 5.08. The molecule has 1 saturated heterocycles. The molecule has 0 unspecified atom stereocenters. The zero-order chi connectivity index (χ0) is 15.9. The summed E-state index contributed by atoms with van der Waals surface area (Å²) in [7, 11) is 0. The van der Waals surface area contributed by atoms with Crippen molar-refractivity contribution in [1.29, 1.82) is 0 Å². The Morgan fingerprint density at radius 1 is 1.04 bits per heavy atom. The van der Waals surface area contributed by atoms with Gasteiger partial charge in [-0.15, -0.1) is 0 Å². The third-order valence-electron chi connectivity index (χ3n) is 6.93. The van der Waals surface area contributed by atoms with E-state index < -0.39 is 0 Å². The Bertz CT molecular complexity index is 556. The lowest BCUT2D eigenvalue weighted by atomic mass is 9.54. The minimum Gasteiger partial charge on any atom is -0.378 e. The first-order chi connectivity index (χ1) is 11.9. The molecule has 1 aromatic rings. The first-order valence-electron chi connectivity index (χ1n) is 9.87. The van der Waals surface area contributed by atoms with Crippen LogP contribution in [0.3, 0.4) is 0 Å². The average molecular weight is 327 g/mol. The molecule has 4 aliphatic carbocycles. The number of hydrogen-bond acceptors (Lipinski definition) is 4. The van der Waals surface area contributed by atoms with Crippen LogP contribution in [0.2, 0.25) is 0 Å². The molecular formula is C20H29N3O. The number of hydrogen-bond donors (Lipinski definition) is 1. The lowest BCUT2D eigenvalue weighted by Gasteiger charge is -2.54. The van der Waals surface area contributed by atoms with Gasteiger partial charge in [-0.05, 0) is 61.8 Å². The molecule has 24 heavy (non-hydrogen) atoms. The van der Waals surface area contributed by atoms with Crippen molar-refractivity contribution < 1.29 is 4.74 Å². The van der Waals surface area contributed by atoms with Crippen molar-refractivity contribution in [3.63, 3.8) is 0 Å². The summed E-state index contributed by atoms with van der Waals surface area (Å²) in [5, 5.41) is 3.96. The lowest BCUT2D eigenvalue weighted by Crippen LogP contribution is -2.54. The van der Waals surface area contributed by atoms with E-state index in [2.05, 4.69) is 27.3 Å². The summed E-state index contributed by atoms with van der Waals surface area (Å²) in [6.45, 7) is 4.52. The van der Waals surface area contributed by atoms with Gasteiger partial charge in [0.2, 0.25) is 0 Å². The molecular weight excluding hydrogens is 298 g/mol. The second-order valence-corrected chi connectivity index (χ2v) is 8.42. The van der Waals surface area contributed by atoms with Crippen molar-refractivity contribution in [2.45, 2.75) is 44.7 Å². The van der Waals surface area contributed by atoms with E-state index in [0.29, 0.717) is 0 Å². The Morgan fingerprint density at radius 2 is 1.75 bits per heavy atom. The number of anilines is 1. The van der Waals surface area contributed by atoms with Gasteiger partial charge in [0.05, 0.1) is 13.2 Å². The van der Waals surface area contributed by atoms with Gasteiger partial charge in [-0.2, -0.15) is 0 Å². The van der Waals surface area contributed by atoms with Gasteiger partial charge in [0.25, 0.3) is 0 Å². The Hall–Kier alpha value is -1.13. The van der Waals surface area contributed by atoms with Crippen LogP contribution in [0.25, 0.3) is 0 Å². The van der Waals surface area contributed by atoms with Crippen LogP contribution in [0.15, 0.2) is 18.3 Å². The van der Waals surface area contributed by atoms with E-state index in [9.17, 15) is 0 Å². The molecule has 5 aliphatic rings. The molecule has 6 rings (SSSR count). The minimum atomic E-state index is 0.746. The normalized spacial score (nSPS) is 37.8. The van der Waals surface area contributed by atoms with Crippen molar-refractivity contribution >= 4 is 5.82 Å². The summed E-state index contributed by atoms with van der Waals surface area (Å²) in [5.41, 5.74) is 1.35. The number of morpholine rings is 1. The van der Waals surface area contributed by atoms with Gasteiger partial charge in [-0.25, -0.2) is 4.98 Å². The number of rotatable bonds is 4. The van der Waals surface area contributed by atoms with Crippen molar-refractivity contribution in [3.05, 3.63) is 23.9 Å². The van der Waals surface area contributed by atoms with Crippen LogP contribution in [0.5, 0.6) is 0 Å². The topological polar surface area (TPSA) is 37.4 Å². The molecule has 4 bridgehead atoms. The van der Waals surface area contributed by atoms with Crippen LogP contribution < -0.4 is 10.2 Å². The van der Waals surface area contributed by atoms with E-state index in [-0.39, 0.29) is 0 Å². The molecule has 1 N–H and O–H groups in total. The molecule has 4 nitrogen and oxygen atoms in total. The van der Waals surface area contributed by atoms with E-state index in [1.165, 1.54) is 37.7 Å². The Kier molecular flexibility index (Phi) is 3.98. The zero-order valence-electron chi connectivity index (χ0n) is 14.5. The second kappa shape index (κ2) is 6.30. The summed E-state index contributed by atoms with van der Waals surface area (Å²) in [6.07, 6.45) is 9.38. The molecule has 1 aromatic heterocycles. The van der Waals surface area contributed by atoms with Crippen LogP contribution in [-0.4, -0.2) is 37.3 Å². The van der Waals surface area contributed by atoms with E-state index in [4.69, 9.17) is 4.74 Å².